The van der Waals surface area contributed by atoms with Crippen molar-refractivity contribution in [1.82, 2.24) is 0 Å². The van der Waals surface area contributed by atoms with Crippen LogP contribution in [-0.2, 0) is 4.79 Å². The fourth-order valence-corrected chi connectivity index (χ4v) is 5.46. The van der Waals surface area contributed by atoms with E-state index in [0.717, 1.165) is 11.1 Å². The van der Waals surface area contributed by atoms with Crippen molar-refractivity contribution in [3.8, 4) is 39.7 Å². The SMILES string of the molecule is COc1ccc(-c2oc3ccccc3c(=O)c2OC(C)C(=O)Nc2scc(-c3ccc(C)cc3)c2C(N)=O)cc1OC. The van der Waals surface area contributed by atoms with Crippen LogP contribution >= 0.6 is 11.3 Å². The lowest BCUT2D eigenvalue weighted by Crippen LogP contribution is -2.32. The van der Waals surface area contributed by atoms with Crippen LogP contribution in [0.4, 0.5) is 5.00 Å². The molecule has 5 rings (SSSR count). The maximum absolute atomic E-state index is 13.6. The molecule has 3 N–H and O–H groups in total. The first-order valence-corrected chi connectivity index (χ1v) is 13.8. The molecule has 9 nitrogen and oxygen atoms in total. The number of carbonyl (C=O) groups is 2. The third-order valence-corrected chi connectivity index (χ3v) is 7.60. The van der Waals surface area contributed by atoms with Crippen LogP contribution in [0.15, 0.2) is 81.3 Å². The van der Waals surface area contributed by atoms with Crippen LogP contribution in [0.5, 0.6) is 17.2 Å². The number of anilines is 1. The fraction of sp³-hybridized carbons (Fsp3) is 0.156. The molecule has 0 saturated carbocycles. The number of nitrogens with one attached hydrogen (secondary N) is 1. The quantitative estimate of drug-likeness (QED) is 0.217. The van der Waals surface area contributed by atoms with E-state index in [-0.39, 0.29) is 22.1 Å². The number of primary amides is 1. The molecular formula is C32H28N2O7S. The molecule has 0 fully saturated rings. The highest BCUT2D eigenvalue weighted by molar-refractivity contribution is 7.15. The Hall–Kier alpha value is -5.09. The number of nitrogens with two attached hydrogens (primary N) is 1. The van der Waals surface area contributed by atoms with E-state index < -0.39 is 23.3 Å². The van der Waals surface area contributed by atoms with Gasteiger partial charge in [0.2, 0.25) is 11.2 Å². The summed E-state index contributed by atoms with van der Waals surface area (Å²) in [7, 11) is 3.01. The highest BCUT2D eigenvalue weighted by Crippen LogP contribution is 2.38. The molecule has 5 aromatic rings. The van der Waals surface area contributed by atoms with Crippen molar-refractivity contribution in [1.29, 1.82) is 0 Å². The van der Waals surface area contributed by atoms with Crippen molar-refractivity contribution in [3.63, 3.8) is 0 Å². The summed E-state index contributed by atoms with van der Waals surface area (Å²) in [6, 6.07) is 19.4. The molecule has 3 aromatic carbocycles. The van der Waals surface area contributed by atoms with Gasteiger partial charge in [0.1, 0.15) is 10.6 Å². The van der Waals surface area contributed by atoms with E-state index in [1.54, 1.807) is 47.8 Å². The van der Waals surface area contributed by atoms with Crippen LogP contribution in [0.3, 0.4) is 0 Å². The number of fused-ring (bicyclic) bond motifs is 1. The first-order valence-electron chi connectivity index (χ1n) is 13.0. The monoisotopic (exact) mass is 584 g/mol. The maximum atomic E-state index is 13.6. The predicted molar refractivity (Wildman–Crippen MR) is 163 cm³/mol. The van der Waals surface area contributed by atoms with Gasteiger partial charge in [-0.2, -0.15) is 0 Å². The average Bonchev–Trinajstić information content (AvgIpc) is 3.42. The number of aryl methyl sites for hydroxylation is 1. The third-order valence-electron chi connectivity index (χ3n) is 6.70. The number of ether oxygens (including phenoxy) is 3. The molecular weight excluding hydrogens is 556 g/mol. The molecule has 2 aromatic heterocycles. The van der Waals surface area contributed by atoms with Crippen LogP contribution in [0.1, 0.15) is 22.8 Å². The van der Waals surface area contributed by atoms with E-state index in [1.165, 1.54) is 32.5 Å². The molecule has 0 saturated heterocycles. The Labute approximate surface area is 245 Å². The van der Waals surface area contributed by atoms with E-state index in [2.05, 4.69) is 5.32 Å². The van der Waals surface area contributed by atoms with Crippen molar-refractivity contribution in [2.24, 2.45) is 5.73 Å². The normalized spacial score (nSPS) is 11.6. The lowest BCUT2D eigenvalue weighted by Gasteiger charge is -2.17. The van der Waals surface area contributed by atoms with E-state index >= 15 is 0 Å². The summed E-state index contributed by atoms with van der Waals surface area (Å²) < 4.78 is 22.9. The second kappa shape index (κ2) is 11.8. The molecule has 0 aliphatic heterocycles. The van der Waals surface area contributed by atoms with Gasteiger partial charge in [-0.25, -0.2) is 0 Å². The summed E-state index contributed by atoms with van der Waals surface area (Å²) in [4.78, 5) is 39.4. The van der Waals surface area contributed by atoms with Gasteiger partial charge in [-0.15, -0.1) is 11.3 Å². The number of hydrogen-bond donors (Lipinski definition) is 2. The zero-order chi connectivity index (χ0) is 30.0. The molecule has 2 amide bonds. The largest absolute Gasteiger partial charge is 0.493 e. The summed E-state index contributed by atoms with van der Waals surface area (Å²) in [5.41, 5.74) is 8.77. The van der Waals surface area contributed by atoms with Crippen LogP contribution in [0.2, 0.25) is 0 Å². The van der Waals surface area contributed by atoms with Gasteiger partial charge in [-0.1, -0.05) is 42.0 Å². The highest BCUT2D eigenvalue weighted by Gasteiger charge is 2.26. The molecule has 1 atom stereocenters. The first-order chi connectivity index (χ1) is 20.2. The topological polar surface area (TPSA) is 130 Å². The molecule has 0 bridgehead atoms. The lowest BCUT2D eigenvalue weighted by atomic mass is 10.0. The Morgan fingerprint density at radius 1 is 0.952 bits per heavy atom. The molecule has 1 unspecified atom stereocenters. The van der Waals surface area contributed by atoms with Gasteiger partial charge in [-0.3, -0.25) is 14.4 Å². The Kier molecular flexibility index (Phi) is 7.99. The highest BCUT2D eigenvalue weighted by atomic mass is 32.1. The number of para-hydroxylation sites is 1. The molecule has 214 valence electrons. The van der Waals surface area contributed by atoms with Crippen molar-refractivity contribution < 1.29 is 28.2 Å². The molecule has 0 aliphatic rings. The Morgan fingerprint density at radius 3 is 2.33 bits per heavy atom. The summed E-state index contributed by atoms with van der Waals surface area (Å²) >= 11 is 1.17. The molecule has 42 heavy (non-hydrogen) atoms. The van der Waals surface area contributed by atoms with Gasteiger partial charge in [0, 0.05) is 16.5 Å². The van der Waals surface area contributed by atoms with Gasteiger partial charge < -0.3 is 29.7 Å². The molecule has 0 radical (unpaired) electrons. The standard InChI is InChI=1S/C32H28N2O7S/c1-17-9-11-19(12-10-17)22-16-42-32(26(22)30(33)36)34-31(37)18(2)40-29-27(35)21-7-5-6-8-23(21)41-28(29)20-13-14-24(38-3)25(15-20)39-4/h5-16,18H,1-4H3,(H2,33,36)(H,34,37). The van der Waals surface area contributed by atoms with Crippen LogP contribution < -0.4 is 30.7 Å². The van der Waals surface area contributed by atoms with E-state index in [1.807, 2.05) is 31.2 Å². The van der Waals surface area contributed by atoms with Crippen LogP contribution in [-0.4, -0.2) is 32.1 Å². The van der Waals surface area contributed by atoms with E-state index in [9.17, 15) is 14.4 Å². The summed E-state index contributed by atoms with van der Waals surface area (Å²) in [6.07, 6.45) is -1.15. The third kappa shape index (κ3) is 5.44. The van der Waals surface area contributed by atoms with Gasteiger partial charge in [0.15, 0.2) is 23.4 Å². The minimum atomic E-state index is -1.15. The predicted octanol–water partition coefficient (Wildman–Crippen LogP) is 6.02. The van der Waals surface area contributed by atoms with Crippen molar-refractivity contribution in [3.05, 3.63) is 93.5 Å². The minimum Gasteiger partial charge on any atom is -0.493 e. The van der Waals surface area contributed by atoms with E-state index in [0.29, 0.717) is 33.6 Å². The zero-order valence-electron chi connectivity index (χ0n) is 23.3. The average molecular weight is 585 g/mol. The van der Waals surface area contributed by atoms with Gasteiger partial charge in [-0.05, 0) is 49.7 Å². The van der Waals surface area contributed by atoms with Gasteiger partial charge in [0.05, 0.1) is 25.2 Å². The smallest absolute Gasteiger partial charge is 0.265 e. The first kappa shape index (κ1) is 28.4. The van der Waals surface area contributed by atoms with Crippen molar-refractivity contribution >= 4 is 39.1 Å². The van der Waals surface area contributed by atoms with E-state index in [4.69, 9.17) is 24.4 Å². The Morgan fingerprint density at radius 2 is 1.64 bits per heavy atom. The number of benzene rings is 3. The zero-order valence-corrected chi connectivity index (χ0v) is 24.2. The summed E-state index contributed by atoms with van der Waals surface area (Å²) in [5, 5.41) is 5.08. The number of carbonyl (C=O) groups excluding carboxylic acids is 2. The second-order valence-corrected chi connectivity index (χ2v) is 10.4. The molecule has 0 aliphatic carbocycles. The summed E-state index contributed by atoms with van der Waals surface area (Å²) in [6.45, 7) is 3.47. The number of amides is 2. The van der Waals surface area contributed by atoms with Gasteiger partial charge >= 0.3 is 0 Å². The number of rotatable bonds is 9. The lowest BCUT2D eigenvalue weighted by molar-refractivity contribution is -0.122. The number of methoxy groups -OCH3 is 2. The Balaban J connectivity index is 1.50. The van der Waals surface area contributed by atoms with Crippen molar-refractivity contribution in [2.45, 2.75) is 20.0 Å². The molecule has 2 heterocycles. The maximum Gasteiger partial charge on any atom is 0.265 e. The second-order valence-electron chi connectivity index (χ2n) is 9.49. The number of thiophene rings is 1. The minimum absolute atomic E-state index is 0.120. The fourth-order valence-electron chi connectivity index (χ4n) is 4.48. The van der Waals surface area contributed by atoms with Crippen LogP contribution in [0.25, 0.3) is 33.4 Å². The Bertz CT molecular complexity index is 1860. The summed E-state index contributed by atoms with van der Waals surface area (Å²) in [5.74, 6) is -0.378. The van der Waals surface area contributed by atoms with Crippen molar-refractivity contribution in [2.75, 3.05) is 19.5 Å². The van der Waals surface area contributed by atoms with Gasteiger partial charge in [0.25, 0.3) is 11.8 Å². The molecule has 0 spiro atoms. The number of hydrogen-bond acceptors (Lipinski definition) is 8. The van der Waals surface area contributed by atoms with Crippen LogP contribution in [0, 0.1) is 6.92 Å². The molecule has 10 heteroatoms.